The van der Waals surface area contributed by atoms with Crippen LogP contribution in [0.25, 0.3) is 16.5 Å². The Kier molecular flexibility index (Phi) is 2.97. The van der Waals surface area contributed by atoms with Crippen LogP contribution in [-0.2, 0) is 0 Å². The summed E-state index contributed by atoms with van der Waals surface area (Å²) >= 11 is 0. The highest BCUT2D eigenvalue weighted by Gasteiger charge is 2.04. The molecule has 0 aliphatic rings. The molecular formula is C13H16N2O. The van der Waals surface area contributed by atoms with Crippen molar-refractivity contribution in [3.05, 3.63) is 36.5 Å². The number of aromatic nitrogens is 1. The standard InChI is InChI=1S/C13H16N2O/c1-9(5-6-14)12-7-10-3-4-11(16-2)8-13(10)15-12/h3-4,7-8,15H,1,5-6,14H2,2H3. The molecule has 2 rings (SSSR count). The highest BCUT2D eigenvalue weighted by atomic mass is 16.5. The Labute approximate surface area is 94.9 Å². The van der Waals surface area contributed by atoms with E-state index in [1.165, 1.54) is 0 Å². The average molecular weight is 216 g/mol. The SMILES string of the molecule is C=C(CCN)c1cc2ccc(OC)cc2[nH]1. The first-order valence-corrected chi connectivity index (χ1v) is 5.29. The largest absolute Gasteiger partial charge is 0.497 e. The van der Waals surface area contributed by atoms with E-state index < -0.39 is 0 Å². The van der Waals surface area contributed by atoms with Crippen molar-refractivity contribution in [3.63, 3.8) is 0 Å². The Morgan fingerprint density at radius 3 is 2.94 bits per heavy atom. The number of methoxy groups -OCH3 is 1. The molecule has 2 aromatic rings. The Balaban J connectivity index is 2.39. The molecule has 0 aliphatic carbocycles. The van der Waals surface area contributed by atoms with Crippen LogP contribution in [0.5, 0.6) is 5.75 Å². The molecule has 0 fully saturated rings. The first kappa shape index (κ1) is 10.8. The fourth-order valence-corrected chi connectivity index (χ4v) is 1.73. The van der Waals surface area contributed by atoms with Crippen LogP contribution in [0.3, 0.4) is 0 Å². The molecule has 0 saturated carbocycles. The molecule has 3 N–H and O–H groups in total. The maximum Gasteiger partial charge on any atom is 0.120 e. The minimum absolute atomic E-state index is 0.623. The van der Waals surface area contributed by atoms with Gasteiger partial charge in [-0.1, -0.05) is 6.58 Å². The maximum absolute atomic E-state index is 5.51. The number of aromatic amines is 1. The van der Waals surface area contributed by atoms with Gasteiger partial charge < -0.3 is 15.5 Å². The van der Waals surface area contributed by atoms with Gasteiger partial charge in [0.25, 0.3) is 0 Å². The van der Waals surface area contributed by atoms with Gasteiger partial charge in [-0.15, -0.1) is 0 Å². The summed E-state index contributed by atoms with van der Waals surface area (Å²) in [6, 6.07) is 8.05. The molecule has 0 spiro atoms. The number of benzene rings is 1. The maximum atomic E-state index is 5.51. The quantitative estimate of drug-likeness (QED) is 0.825. The van der Waals surface area contributed by atoms with Gasteiger partial charge >= 0.3 is 0 Å². The number of hydrogen-bond acceptors (Lipinski definition) is 2. The lowest BCUT2D eigenvalue weighted by Crippen LogP contribution is -1.99. The second kappa shape index (κ2) is 4.41. The molecule has 0 bridgehead atoms. The van der Waals surface area contributed by atoms with Crippen molar-refractivity contribution in [1.29, 1.82) is 0 Å². The molecule has 0 unspecified atom stereocenters. The molecule has 1 heterocycles. The van der Waals surface area contributed by atoms with E-state index in [0.717, 1.165) is 34.3 Å². The lowest BCUT2D eigenvalue weighted by Gasteiger charge is -1.99. The highest BCUT2D eigenvalue weighted by molar-refractivity contribution is 5.85. The third-order valence-corrected chi connectivity index (χ3v) is 2.66. The third-order valence-electron chi connectivity index (χ3n) is 2.66. The predicted octanol–water partition coefficient (Wildman–Crippen LogP) is 2.54. The summed E-state index contributed by atoms with van der Waals surface area (Å²) in [4.78, 5) is 3.32. The van der Waals surface area contributed by atoms with Crippen molar-refractivity contribution in [2.24, 2.45) is 5.73 Å². The molecule has 0 amide bonds. The van der Waals surface area contributed by atoms with Crippen molar-refractivity contribution in [2.45, 2.75) is 6.42 Å². The minimum Gasteiger partial charge on any atom is -0.497 e. The number of hydrogen-bond donors (Lipinski definition) is 2. The van der Waals surface area contributed by atoms with E-state index in [2.05, 4.69) is 17.6 Å². The van der Waals surface area contributed by atoms with Gasteiger partial charge in [0.05, 0.1) is 7.11 Å². The van der Waals surface area contributed by atoms with Crippen molar-refractivity contribution in [2.75, 3.05) is 13.7 Å². The van der Waals surface area contributed by atoms with Gasteiger partial charge in [-0.2, -0.15) is 0 Å². The second-order valence-electron chi connectivity index (χ2n) is 3.78. The van der Waals surface area contributed by atoms with Crippen LogP contribution < -0.4 is 10.5 Å². The summed E-state index contributed by atoms with van der Waals surface area (Å²) in [6.45, 7) is 4.63. The van der Waals surface area contributed by atoms with E-state index in [-0.39, 0.29) is 0 Å². The van der Waals surface area contributed by atoms with Gasteiger partial charge in [0.2, 0.25) is 0 Å². The monoisotopic (exact) mass is 216 g/mol. The average Bonchev–Trinajstić information content (AvgIpc) is 2.71. The minimum atomic E-state index is 0.623. The van der Waals surface area contributed by atoms with E-state index in [1.807, 2.05) is 18.2 Å². The summed E-state index contributed by atoms with van der Waals surface area (Å²) in [5.74, 6) is 0.852. The molecule has 3 heteroatoms. The van der Waals surface area contributed by atoms with Crippen LogP contribution in [-0.4, -0.2) is 18.6 Å². The van der Waals surface area contributed by atoms with E-state index in [4.69, 9.17) is 10.5 Å². The summed E-state index contributed by atoms with van der Waals surface area (Å²) < 4.78 is 5.18. The van der Waals surface area contributed by atoms with Crippen LogP contribution in [0, 0.1) is 0 Å². The molecule has 1 aromatic carbocycles. The smallest absolute Gasteiger partial charge is 0.120 e. The molecule has 0 radical (unpaired) electrons. The lowest BCUT2D eigenvalue weighted by molar-refractivity contribution is 0.415. The van der Waals surface area contributed by atoms with E-state index >= 15 is 0 Å². The molecular weight excluding hydrogens is 200 g/mol. The van der Waals surface area contributed by atoms with Gasteiger partial charge in [-0.3, -0.25) is 0 Å². The van der Waals surface area contributed by atoms with Gasteiger partial charge in [-0.25, -0.2) is 0 Å². The van der Waals surface area contributed by atoms with E-state index in [0.29, 0.717) is 6.54 Å². The Bertz CT molecular complexity index is 514. The van der Waals surface area contributed by atoms with E-state index in [1.54, 1.807) is 7.11 Å². The number of nitrogens with one attached hydrogen (secondary N) is 1. The number of nitrogens with two attached hydrogens (primary N) is 1. The van der Waals surface area contributed by atoms with Crippen LogP contribution in [0.2, 0.25) is 0 Å². The van der Waals surface area contributed by atoms with Crippen molar-refractivity contribution < 1.29 is 4.74 Å². The number of H-pyrrole nitrogens is 1. The summed E-state index contributed by atoms with van der Waals surface area (Å²) in [5.41, 5.74) is 8.66. The fourth-order valence-electron chi connectivity index (χ4n) is 1.73. The zero-order valence-electron chi connectivity index (χ0n) is 9.42. The van der Waals surface area contributed by atoms with Crippen LogP contribution in [0.15, 0.2) is 30.8 Å². The van der Waals surface area contributed by atoms with E-state index in [9.17, 15) is 0 Å². The van der Waals surface area contributed by atoms with Gasteiger partial charge in [-0.05, 0) is 36.7 Å². The first-order chi connectivity index (χ1) is 7.74. The molecule has 16 heavy (non-hydrogen) atoms. The molecule has 0 saturated heterocycles. The zero-order valence-corrected chi connectivity index (χ0v) is 9.42. The predicted molar refractivity (Wildman–Crippen MR) is 67.6 cm³/mol. The summed E-state index contributed by atoms with van der Waals surface area (Å²) in [5, 5.41) is 1.16. The third kappa shape index (κ3) is 1.95. The normalized spacial score (nSPS) is 10.6. The number of fused-ring (bicyclic) bond motifs is 1. The number of ether oxygens (including phenoxy) is 1. The van der Waals surface area contributed by atoms with Crippen LogP contribution >= 0.6 is 0 Å². The lowest BCUT2D eigenvalue weighted by atomic mass is 10.1. The van der Waals surface area contributed by atoms with Crippen molar-refractivity contribution in [3.8, 4) is 5.75 Å². The fraction of sp³-hybridized carbons (Fsp3) is 0.231. The van der Waals surface area contributed by atoms with Gasteiger partial charge in [0.15, 0.2) is 0 Å². The number of rotatable bonds is 4. The molecule has 1 aromatic heterocycles. The van der Waals surface area contributed by atoms with Crippen molar-refractivity contribution >= 4 is 16.5 Å². The second-order valence-corrected chi connectivity index (χ2v) is 3.78. The van der Waals surface area contributed by atoms with Crippen LogP contribution in [0.4, 0.5) is 0 Å². The van der Waals surface area contributed by atoms with Crippen molar-refractivity contribution in [1.82, 2.24) is 4.98 Å². The first-order valence-electron chi connectivity index (χ1n) is 5.29. The molecule has 0 aliphatic heterocycles. The summed E-state index contributed by atoms with van der Waals surface area (Å²) in [6.07, 6.45) is 0.809. The van der Waals surface area contributed by atoms with Gasteiger partial charge in [0, 0.05) is 22.7 Å². The Hall–Kier alpha value is -1.74. The molecule has 0 atom stereocenters. The highest BCUT2D eigenvalue weighted by Crippen LogP contribution is 2.24. The summed E-state index contributed by atoms with van der Waals surface area (Å²) in [7, 11) is 1.67. The Morgan fingerprint density at radius 2 is 2.25 bits per heavy atom. The Morgan fingerprint density at radius 1 is 1.44 bits per heavy atom. The topological polar surface area (TPSA) is 51.0 Å². The van der Waals surface area contributed by atoms with Crippen LogP contribution in [0.1, 0.15) is 12.1 Å². The zero-order chi connectivity index (χ0) is 11.5. The molecule has 84 valence electrons. The van der Waals surface area contributed by atoms with Gasteiger partial charge in [0.1, 0.15) is 5.75 Å². The molecule has 3 nitrogen and oxygen atoms in total.